The van der Waals surface area contributed by atoms with Crippen LogP contribution < -0.4 is 4.90 Å². The lowest BCUT2D eigenvalue weighted by Gasteiger charge is -2.37. The first-order valence-corrected chi connectivity index (χ1v) is 10.2. The zero-order chi connectivity index (χ0) is 19.3. The predicted molar refractivity (Wildman–Crippen MR) is 107 cm³/mol. The largest absolute Gasteiger partial charge is 0.347 e. The van der Waals surface area contributed by atoms with Gasteiger partial charge < -0.3 is 19.3 Å². The average molecular weight is 376 g/mol. The summed E-state index contributed by atoms with van der Waals surface area (Å²) in [5, 5.41) is 0. The maximum absolute atomic E-state index is 5.77. The highest BCUT2D eigenvalue weighted by Gasteiger charge is 2.40. The van der Waals surface area contributed by atoms with E-state index in [4.69, 9.17) is 9.47 Å². The summed E-state index contributed by atoms with van der Waals surface area (Å²) < 4.78 is 13.6. The van der Waals surface area contributed by atoms with Crippen LogP contribution in [0.3, 0.4) is 0 Å². The molecule has 4 rings (SSSR count). The molecular formula is C20H33N5O2. The van der Waals surface area contributed by atoms with Crippen molar-refractivity contribution in [2.75, 3.05) is 50.8 Å². The van der Waals surface area contributed by atoms with E-state index >= 15 is 0 Å². The first kappa shape index (κ1) is 20.0. The van der Waals surface area contributed by atoms with Crippen molar-refractivity contribution in [2.45, 2.75) is 46.3 Å². The number of fused-ring (bicyclic) bond motifs is 1. The first-order chi connectivity index (χ1) is 13.1. The third-order valence-corrected chi connectivity index (χ3v) is 5.60. The first-order valence-electron chi connectivity index (χ1n) is 10.2. The number of hydrogen-bond acceptors (Lipinski definition) is 6. The fourth-order valence-corrected chi connectivity index (χ4v) is 3.78. The highest BCUT2D eigenvalue weighted by atomic mass is 16.7. The zero-order valence-corrected chi connectivity index (χ0v) is 17.1. The van der Waals surface area contributed by atoms with Crippen LogP contribution in [-0.4, -0.2) is 71.0 Å². The van der Waals surface area contributed by atoms with E-state index in [-0.39, 0.29) is 5.79 Å². The van der Waals surface area contributed by atoms with Crippen molar-refractivity contribution < 1.29 is 9.47 Å². The molecule has 0 aliphatic carbocycles. The van der Waals surface area contributed by atoms with Crippen LogP contribution in [0.15, 0.2) is 18.6 Å². The molecule has 7 nitrogen and oxygen atoms in total. The van der Waals surface area contributed by atoms with E-state index in [1.807, 2.05) is 25.5 Å². The topological polar surface area (TPSA) is 55.1 Å². The van der Waals surface area contributed by atoms with Crippen molar-refractivity contribution in [3.63, 3.8) is 0 Å². The van der Waals surface area contributed by atoms with Crippen molar-refractivity contribution in [2.24, 2.45) is 0 Å². The van der Waals surface area contributed by atoms with Gasteiger partial charge in [0.2, 0.25) is 5.95 Å². The Hall–Kier alpha value is -1.70. The van der Waals surface area contributed by atoms with Crippen LogP contribution >= 0.6 is 0 Å². The summed E-state index contributed by atoms with van der Waals surface area (Å²) in [6.45, 7) is 15.4. The van der Waals surface area contributed by atoms with Crippen LogP contribution in [0.4, 0.5) is 5.95 Å². The number of nitrogens with zero attached hydrogens (tertiary/aromatic N) is 5. The minimum atomic E-state index is -0.332. The van der Waals surface area contributed by atoms with Crippen molar-refractivity contribution in [3.8, 4) is 0 Å². The Labute approximate surface area is 162 Å². The monoisotopic (exact) mass is 375 g/mol. The maximum Gasteiger partial charge on any atom is 0.210 e. The van der Waals surface area contributed by atoms with Gasteiger partial charge in [-0.1, -0.05) is 20.8 Å². The lowest BCUT2D eigenvalue weighted by molar-refractivity contribution is -0.169. The van der Waals surface area contributed by atoms with Crippen molar-refractivity contribution >= 4 is 11.5 Å². The smallest absolute Gasteiger partial charge is 0.210 e. The Morgan fingerprint density at radius 2 is 1.67 bits per heavy atom. The molecule has 0 bridgehead atoms. The molecule has 0 amide bonds. The Morgan fingerprint density at radius 1 is 1.04 bits per heavy atom. The van der Waals surface area contributed by atoms with Gasteiger partial charge in [0, 0.05) is 38.3 Å². The molecule has 4 heterocycles. The third kappa shape index (κ3) is 4.42. The van der Waals surface area contributed by atoms with Gasteiger partial charge in [-0.05, 0) is 26.6 Å². The minimum absolute atomic E-state index is 0.332. The molecule has 2 aliphatic rings. The molecule has 0 atom stereocenters. The van der Waals surface area contributed by atoms with Gasteiger partial charge in [0.15, 0.2) is 5.79 Å². The normalized spacial score (nSPS) is 18.9. The van der Waals surface area contributed by atoms with Crippen molar-refractivity contribution in [1.82, 2.24) is 19.3 Å². The fourth-order valence-electron chi connectivity index (χ4n) is 3.78. The van der Waals surface area contributed by atoms with Crippen molar-refractivity contribution in [3.05, 3.63) is 24.3 Å². The van der Waals surface area contributed by atoms with E-state index < -0.39 is 0 Å². The quantitative estimate of drug-likeness (QED) is 0.819. The molecule has 2 aromatic heterocycles. The van der Waals surface area contributed by atoms with Crippen molar-refractivity contribution in [1.29, 1.82) is 0 Å². The second-order valence-electron chi connectivity index (χ2n) is 7.04. The number of anilines is 1. The summed E-state index contributed by atoms with van der Waals surface area (Å²) in [5.74, 6) is 0.652. The van der Waals surface area contributed by atoms with Gasteiger partial charge in [-0.15, -0.1) is 0 Å². The number of piperidine rings is 1. The molecule has 150 valence electrons. The van der Waals surface area contributed by atoms with Crippen LogP contribution in [0.2, 0.25) is 0 Å². The molecule has 0 saturated carbocycles. The number of aryl methyl sites for hydroxylation is 1. The molecule has 0 N–H and O–H groups in total. The van der Waals surface area contributed by atoms with Gasteiger partial charge in [0.05, 0.1) is 30.6 Å². The summed E-state index contributed by atoms with van der Waals surface area (Å²) in [5.41, 5.74) is 2.07. The van der Waals surface area contributed by atoms with Gasteiger partial charge in [-0.3, -0.25) is 9.38 Å². The minimum Gasteiger partial charge on any atom is -0.347 e. The van der Waals surface area contributed by atoms with Crippen LogP contribution in [0.1, 0.15) is 39.3 Å². The molecule has 2 fully saturated rings. The number of hydrogen-bond donors (Lipinski definition) is 0. The summed E-state index contributed by atoms with van der Waals surface area (Å²) in [6, 6.07) is 0. The number of aromatic nitrogens is 3. The van der Waals surface area contributed by atoms with Crippen LogP contribution in [0.5, 0.6) is 0 Å². The Balaban J connectivity index is 0.000000260. The van der Waals surface area contributed by atoms with Crippen LogP contribution in [0, 0.1) is 6.92 Å². The zero-order valence-electron chi connectivity index (χ0n) is 17.1. The SMILES string of the molecule is CCN(CC)CC.Cc1nccn2c(N3CCC4(CC3)OCCO4)ncc12. The lowest BCUT2D eigenvalue weighted by atomic mass is 10.0. The molecule has 7 heteroatoms. The van der Waals surface area contributed by atoms with Gasteiger partial charge >= 0.3 is 0 Å². The second-order valence-corrected chi connectivity index (χ2v) is 7.04. The number of imidazole rings is 1. The Morgan fingerprint density at radius 3 is 2.22 bits per heavy atom. The Bertz CT molecular complexity index is 707. The second kappa shape index (κ2) is 8.99. The van der Waals surface area contributed by atoms with Gasteiger partial charge in [-0.2, -0.15) is 0 Å². The van der Waals surface area contributed by atoms with E-state index in [0.29, 0.717) is 0 Å². The molecule has 1 spiro atoms. The number of rotatable bonds is 4. The van der Waals surface area contributed by atoms with E-state index in [0.717, 1.165) is 56.3 Å². The molecule has 0 unspecified atom stereocenters. The van der Waals surface area contributed by atoms with Gasteiger partial charge in [0.25, 0.3) is 0 Å². The number of ether oxygens (including phenoxy) is 2. The summed E-state index contributed by atoms with van der Waals surface area (Å²) in [6.07, 6.45) is 7.47. The summed E-state index contributed by atoms with van der Waals surface area (Å²) in [7, 11) is 0. The van der Waals surface area contributed by atoms with E-state index in [9.17, 15) is 0 Å². The standard InChI is InChI=1S/C14H18N4O2.C6H15N/c1-11-12-10-16-13(18(12)7-4-15-11)17-5-2-14(3-6-17)19-8-9-20-14;1-4-7(5-2)6-3/h4,7,10H,2-3,5-6,8-9H2,1H3;4-6H2,1-3H3. The maximum atomic E-state index is 5.77. The molecule has 27 heavy (non-hydrogen) atoms. The molecule has 2 aliphatic heterocycles. The highest BCUT2D eigenvalue weighted by Crippen LogP contribution is 2.33. The molecular weight excluding hydrogens is 342 g/mol. The predicted octanol–water partition coefficient (Wildman–Crippen LogP) is 2.73. The fraction of sp³-hybridized carbons (Fsp3) is 0.700. The molecule has 2 aromatic rings. The van der Waals surface area contributed by atoms with Crippen LogP contribution in [-0.2, 0) is 9.47 Å². The molecule has 2 saturated heterocycles. The average Bonchev–Trinajstić information content (AvgIpc) is 3.33. The van der Waals surface area contributed by atoms with E-state index in [1.54, 1.807) is 0 Å². The summed E-state index contributed by atoms with van der Waals surface area (Å²) in [4.78, 5) is 13.5. The Kier molecular flexibility index (Phi) is 6.68. The lowest BCUT2D eigenvalue weighted by Crippen LogP contribution is -2.45. The highest BCUT2D eigenvalue weighted by molar-refractivity contribution is 5.56. The summed E-state index contributed by atoms with van der Waals surface area (Å²) >= 11 is 0. The van der Waals surface area contributed by atoms with Crippen LogP contribution in [0.25, 0.3) is 5.52 Å². The van der Waals surface area contributed by atoms with Gasteiger partial charge in [0.1, 0.15) is 0 Å². The molecule has 0 aromatic carbocycles. The third-order valence-electron chi connectivity index (χ3n) is 5.60. The van der Waals surface area contributed by atoms with Gasteiger partial charge in [-0.25, -0.2) is 4.98 Å². The van der Waals surface area contributed by atoms with E-state index in [2.05, 4.69) is 44.9 Å². The molecule has 0 radical (unpaired) electrons. The van der Waals surface area contributed by atoms with E-state index in [1.165, 1.54) is 19.6 Å².